The molecule has 10 heteroatoms. The van der Waals surface area contributed by atoms with Crippen LogP contribution in [0.2, 0.25) is 0 Å². The number of rotatable bonds is 7. The molecular formula is C17H23F3N2O5. The SMILES string of the molecule is CC=CC1CC(C(=O)OC(=O)C(F)(F)F)N(CCC(=COC)NC(C)=O)C1. The number of esters is 2. The summed E-state index contributed by atoms with van der Waals surface area (Å²) in [6.07, 6.45) is 0.240. The maximum absolute atomic E-state index is 12.3. The van der Waals surface area contributed by atoms with Gasteiger partial charge in [-0.15, -0.1) is 0 Å². The molecule has 0 aromatic rings. The van der Waals surface area contributed by atoms with Gasteiger partial charge in [0.25, 0.3) is 0 Å². The third-order valence-electron chi connectivity index (χ3n) is 3.86. The topological polar surface area (TPSA) is 84.9 Å². The fourth-order valence-electron chi connectivity index (χ4n) is 2.84. The van der Waals surface area contributed by atoms with Crippen LogP contribution >= 0.6 is 0 Å². The van der Waals surface area contributed by atoms with Crippen molar-refractivity contribution in [2.24, 2.45) is 5.92 Å². The quantitative estimate of drug-likeness (QED) is 0.308. The first kappa shape index (κ1) is 22.7. The van der Waals surface area contributed by atoms with E-state index in [9.17, 15) is 27.6 Å². The minimum Gasteiger partial charge on any atom is -0.503 e. The summed E-state index contributed by atoms with van der Waals surface area (Å²) in [7, 11) is 1.41. The highest BCUT2D eigenvalue weighted by atomic mass is 19.4. The number of nitrogens with zero attached hydrogens (tertiary/aromatic N) is 1. The lowest BCUT2D eigenvalue weighted by atomic mass is 10.1. The number of allylic oxidation sites excluding steroid dienone is 1. The van der Waals surface area contributed by atoms with Gasteiger partial charge >= 0.3 is 18.1 Å². The fraction of sp³-hybridized carbons (Fsp3) is 0.588. The van der Waals surface area contributed by atoms with E-state index in [1.165, 1.54) is 20.3 Å². The van der Waals surface area contributed by atoms with Crippen LogP contribution in [0.15, 0.2) is 24.1 Å². The standard InChI is InChI=1S/C17H23F3N2O5/c1-4-5-12-8-14(15(24)27-16(25)17(18,19)20)22(9-12)7-6-13(10-26-3)21-11(2)23/h4-5,10,12,14H,6-9H2,1-3H3,(H,21,23). The second-order valence-corrected chi connectivity index (χ2v) is 6.05. The van der Waals surface area contributed by atoms with Crippen molar-refractivity contribution < 1.29 is 37.0 Å². The first-order chi connectivity index (χ1) is 12.6. The molecule has 1 N–H and O–H groups in total. The summed E-state index contributed by atoms with van der Waals surface area (Å²) in [6.45, 7) is 3.78. The number of amides is 1. The van der Waals surface area contributed by atoms with Crippen LogP contribution < -0.4 is 5.32 Å². The summed E-state index contributed by atoms with van der Waals surface area (Å²) in [5.41, 5.74) is 0.456. The number of hydrogen-bond acceptors (Lipinski definition) is 6. The molecule has 1 rings (SSSR count). The summed E-state index contributed by atoms with van der Waals surface area (Å²) in [4.78, 5) is 35.9. The Balaban J connectivity index is 2.83. The van der Waals surface area contributed by atoms with Crippen LogP contribution in [0.3, 0.4) is 0 Å². The number of likely N-dealkylation sites (tertiary alicyclic amines) is 1. The van der Waals surface area contributed by atoms with Crippen molar-refractivity contribution in [3.8, 4) is 0 Å². The van der Waals surface area contributed by atoms with Crippen LogP contribution in [-0.4, -0.2) is 55.2 Å². The molecule has 0 aliphatic carbocycles. The van der Waals surface area contributed by atoms with Gasteiger partial charge in [0.15, 0.2) is 0 Å². The zero-order valence-electron chi connectivity index (χ0n) is 15.3. The van der Waals surface area contributed by atoms with E-state index >= 15 is 0 Å². The van der Waals surface area contributed by atoms with E-state index < -0.39 is 24.2 Å². The third kappa shape index (κ3) is 7.41. The van der Waals surface area contributed by atoms with Crippen LogP contribution in [-0.2, 0) is 23.9 Å². The molecule has 1 fully saturated rings. The van der Waals surface area contributed by atoms with E-state index in [1.54, 1.807) is 17.9 Å². The molecule has 1 saturated heterocycles. The molecule has 152 valence electrons. The molecule has 1 heterocycles. The van der Waals surface area contributed by atoms with E-state index in [0.717, 1.165) is 0 Å². The van der Waals surface area contributed by atoms with Crippen LogP contribution in [0.1, 0.15) is 26.7 Å². The van der Waals surface area contributed by atoms with Gasteiger partial charge in [0.05, 0.1) is 12.8 Å². The van der Waals surface area contributed by atoms with Crippen molar-refractivity contribution in [3.05, 3.63) is 24.1 Å². The van der Waals surface area contributed by atoms with Crippen molar-refractivity contribution in [1.82, 2.24) is 10.2 Å². The Morgan fingerprint density at radius 3 is 2.48 bits per heavy atom. The molecule has 0 radical (unpaired) electrons. The second kappa shape index (κ2) is 10.1. The average molecular weight is 392 g/mol. The van der Waals surface area contributed by atoms with E-state index in [1.807, 2.05) is 6.08 Å². The molecule has 1 aliphatic rings. The normalized spacial score (nSPS) is 21.3. The van der Waals surface area contributed by atoms with Crippen molar-refractivity contribution in [1.29, 1.82) is 0 Å². The third-order valence-corrected chi connectivity index (χ3v) is 3.86. The number of methoxy groups -OCH3 is 1. The molecular weight excluding hydrogens is 369 g/mol. The van der Waals surface area contributed by atoms with Gasteiger partial charge in [-0.1, -0.05) is 12.2 Å². The van der Waals surface area contributed by atoms with Crippen molar-refractivity contribution >= 4 is 17.8 Å². The summed E-state index contributed by atoms with van der Waals surface area (Å²) in [5.74, 6) is -4.14. The molecule has 0 saturated carbocycles. The number of carbonyl (C=O) groups is 3. The van der Waals surface area contributed by atoms with E-state index in [2.05, 4.69) is 10.1 Å². The fourth-order valence-corrected chi connectivity index (χ4v) is 2.84. The minimum absolute atomic E-state index is 0.0656. The van der Waals surface area contributed by atoms with Gasteiger partial charge in [0, 0.05) is 26.4 Å². The van der Waals surface area contributed by atoms with Gasteiger partial charge in [-0.3, -0.25) is 9.69 Å². The van der Waals surface area contributed by atoms with Gasteiger partial charge in [-0.05, 0) is 19.3 Å². The van der Waals surface area contributed by atoms with Crippen LogP contribution in [0.5, 0.6) is 0 Å². The van der Waals surface area contributed by atoms with Crippen molar-refractivity contribution in [2.45, 2.75) is 38.9 Å². The minimum atomic E-state index is -5.23. The summed E-state index contributed by atoms with van der Waals surface area (Å²) >= 11 is 0. The van der Waals surface area contributed by atoms with Crippen molar-refractivity contribution in [2.75, 3.05) is 20.2 Å². The molecule has 0 aromatic carbocycles. The molecule has 1 aliphatic heterocycles. The monoisotopic (exact) mass is 392 g/mol. The molecule has 0 bridgehead atoms. The zero-order chi connectivity index (χ0) is 20.6. The highest BCUT2D eigenvalue weighted by Crippen LogP contribution is 2.27. The lowest BCUT2D eigenvalue weighted by Gasteiger charge is -2.23. The van der Waals surface area contributed by atoms with Crippen LogP contribution in [0, 0.1) is 5.92 Å². The zero-order valence-corrected chi connectivity index (χ0v) is 15.3. The Hall–Kier alpha value is -2.36. The van der Waals surface area contributed by atoms with Crippen LogP contribution in [0.4, 0.5) is 13.2 Å². The molecule has 0 spiro atoms. The Labute approximate surface area is 155 Å². The van der Waals surface area contributed by atoms with Gasteiger partial charge in [0.2, 0.25) is 5.91 Å². The Morgan fingerprint density at radius 2 is 1.96 bits per heavy atom. The van der Waals surface area contributed by atoms with Gasteiger partial charge < -0.3 is 14.8 Å². The predicted molar refractivity (Wildman–Crippen MR) is 89.0 cm³/mol. The highest BCUT2D eigenvalue weighted by Gasteiger charge is 2.45. The maximum atomic E-state index is 12.3. The lowest BCUT2D eigenvalue weighted by Crippen LogP contribution is -2.41. The maximum Gasteiger partial charge on any atom is 0.491 e. The number of hydrogen-bond donors (Lipinski definition) is 1. The Morgan fingerprint density at radius 1 is 1.30 bits per heavy atom. The van der Waals surface area contributed by atoms with Crippen molar-refractivity contribution in [3.63, 3.8) is 0 Å². The van der Waals surface area contributed by atoms with E-state index in [-0.39, 0.29) is 31.2 Å². The highest BCUT2D eigenvalue weighted by molar-refractivity contribution is 5.91. The number of alkyl halides is 3. The molecule has 7 nitrogen and oxygen atoms in total. The van der Waals surface area contributed by atoms with E-state index in [4.69, 9.17) is 4.74 Å². The smallest absolute Gasteiger partial charge is 0.491 e. The lowest BCUT2D eigenvalue weighted by molar-refractivity contribution is -0.203. The largest absolute Gasteiger partial charge is 0.503 e. The summed E-state index contributed by atoms with van der Waals surface area (Å²) in [5, 5.41) is 2.57. The first-order valence-corrected chi connectivity index (χ1v) is 8.27. The Kier molecular flexibility index (Phi) is 8.48. The van der Waals surface area contributed by atoms with Crippen LogP contribution in [0.25, 0.3) is 0 Å². The predicted octanol–water partition coefficient (Wildman–Crippen LogP) is 1.90. The number of carbonyl (C=O) groups excluding carboxylic acids is 3. The average Bonchev–Trinajstić information content (AvgIpc) is 2.95. The number of nitrogens with one attached hydrogen (secondary N) is 1. The van der Waals surface area contributed by atoms with Gasteiger partial charge in [-0.25, -0.2) is 9.59 Å². The second-order valence-electron chi connectivity index (χ2n) is 6.05. The summed E-state index contributed by atoms with van der Waals surface area (Å²) < 4.78 is 45.9. The molecule has 1 amide bonds. The number of halogens is 3. The Bertz CT molecular complexity index is 616. The van der Waals surface area contributed by atoms with E-state index in [0.29, 0.717) is 12.2 Å². The van der Waals surface area contributed by atoms with Gasteiger partial charge in [0.1, 0.15) is 12.3 Å². The molecule has 0 aromatic heterocycles. The molecule has 27 heavy (non-hydrogen) atoms. The first-order valence-electron chi connectivity index (χ1n) is 8.27. The summed E-state index contributed by atoms with van der Waals surface area (Å²) in [6, 6.07) is -0.987. The molecule has 2 atom stereocenters. The van der Waals surface area contributed by atoms with Gasteiger partial charge in [-0.2, -0.15) is 13.2 Å². The molecule has 2 unspecified atom stereocenters. The number of ether oxygens (including phenoxy) is 2.